The molecule has 1 aliphatic rings. The summed E-state index contributed by atoms with van der Waals surface area (Å²) in [4.78, 5) is 23.4. The molecular weight excluding hydrogens is 266 g/mol. The summed E-state index contributed by atoms with van der Waals surface area (Å²) in [7, 11) is 0. The molecule has 0 aromatic heterocycles. The second-order valence-corrected chi connectivity index (χ2v) is 7.61. The number of amides is 1. The van der Waals surface area contributed by atoms with E-state index >= 15 is 0 Å². The second-order valence-electron chi connectivity index (χ2n) is 7.61. The maximum Gasteiger partial charge on any atom is 0.305 e. The van der Waals surface area contributed by atoms with Crippen LogP contribution in [0.15, 0.2) is 0 Å². The van der Waals surface area contributed by atoms with Crippen molar-refractivity contribution in [3.63, 3.8) is 0 Å². The van der Waals surface area contributed by atoms with Gasteiger partial charge in [0.25, 0.3) is 0 Å². The van der Waals surface area contributed by atoms with Gasteiger partial charge in [-0.1, -0.05) is 52.9 Å². The third kappa shape index (κ3) is 8.08. The minimum Gasteiger partial charge on any atom is -0.481 e. The van der Waals surface area contributed by atoms with E-state index in [0.717, 1.165) is 25.7 Å². The van der Waals surface area contributed by atoms with Gasteiger partial charge in [0, 0.05) is 12.0 Å². The van der Waals surface area contributed by atoms with Crippen LogP contribution in [0.1, 0.15) is 78.6 Å². The predicted octanol–water partition coefficient (Wildman–Crippen LogP) is 3.74. The third-order valence-corrected chi connectivity index (χ3v) is 4.10. The SMILES string of the molecule is CC(C)(C)CC(CC(=O)O)NC(=O)C1CCCCCCC1. The largest absolute Gasteiger partial charge is 0.481 e. The van der Waals surface area contributed by atoms with E-state index in [-0.39, 0.29) is 29.7 Å². The number of carbonyl (C=O) groups excluding carboxylic acids is 1. The number of hydrogen-bond acceptors (Lipinski definition) is 2. The molecule has 0 radical (unpaired) electrons. The zero-order valence-corrected chi connectivity index (χ0v) is 13.8. The fraction of sp³-hybridized carbons (Fsp3) is 0.882. The maximum absolute atomic E-state index is 12.4. The molecule has 0 bridgehead atoms. The molecule has 4 heteroatoms. The summed E-state index contributed by atoms with van der Waals surface area (Å²) in [6, 6.07) is -0.263. The molecule has 0 spiro atoms. The average Bonchev–Trinajstić information content (AvgIpc) is 2.24. The lowest BCUT2D eigenvalue weighted by atomic mass is 9.86. The molecule has 4 nitrogen and oxygen atoms in total. The van der Waals surface area contributed by atoms with E-state index in [1.165, 1.54) is 19.3 Å². The number of aliphatic carboxylic acids is 1. The number of carbonyl (C=O) groups is 2. The summed E-state index contributed by atoms with van der Waals surface area (Å²) >= 11 is 0. The lowest BCUT2D eigenvalue weighted by molar-refractivity contribution is -0.138. The van der Waals surface area contributed by atoms with Crippen molar-refractivity contribution in [2.75, 3.05) is 0 Å². The standard InChI is InChI=1S/C17H31NO3/c1-17(2,3)12-14(11-15(19)20)18-16(21)13-9-7-5-4-6-8-10-13/h13-14H,4-12H2,1-3H3,(H,18,21)(H,19,20). The molecule has 21 heavy (non-hydrogen) atoms. The normalized spacial score (nSPS) is 19.4. The zero-order chi connectivity index (χ0) is 15.9. The van der Waals surface area contributed by atoms with Crippen molar-refractivity contribution in [2.45, 2.75) is 84.6 Å². The summed E-state index contributed by atoms with van der Waals surface area (Å²) in [5.41, 5.74) is 0.00826. The van der Waals surface area contributed by atoms with Crippen molar-refractivity contribution in [2.24, 2.45) is 11.3 Å². The molecule has 0 aromatic rings. The van der Waals surface area contributed by atoms with E-state index in [1.807, 2.05) is 0 Å². The van der Waals surface area contributed by atoms with Crippen LogP contribution >= 0.6 is 0 Å². The van der Waals surface area contributed by atoms with Crippen LogP contribution < -0.4 is 5.32 Å². The Morgan fingerprint density at radius 2 is 1.62 bits per heavy atom. The predicted molar refractivity (Wildman–Crippen MR) is 84.1 cm³/mol. The molecule has 0 aromatic carbocycles. The first-order valence-electron chi connectivity index (χ1n) is 8.30. The minimum absolute atomic E-state index is 0.00826. The molecule has 1 amide bonds. The minimum atomic E-state index is -0.845. The van der Waals surface area contributed by atoms with Crippen molar-refractivity contribution < 1.29 is 14.7 Å². The monoisotopic (exact) mass is 297 g/mol. The number of hydrogen-bond donors (Lipinski definition) is 2. The molecule has 2 N–H and O–H groups in total. The number of nitrogens with one attached hydrogen (secondary N) is 1. The van der Waals surface area contributed by atoms with Crippen molar-refractivity contribution in [1.29, 1.82) is 0 Å². The van der Waals surface area contributed by atoms with Crippen LogP contribution in [0.25, 0.3) is 0 Å². The van der Waals surface area contributed by atoms with Crippen molar-refractivity contribution in [3.05, 3.63) is 0 Å². The Morgan fingerprint density at radius 3 is 2.10 bits per heavy atom. The summed E-state index contributed by atoms with van der Waals surface area (Å²) in [6.45, 7) is 6.22. The van der Waals surface area contributed by atoms with Gasteiger partial charge in [0.1, 0.15) is 0 Å². The lowest BCUT2D eigenvalue weighted by Crippen LogP contribution is -2.42. The van der Waals surface area contributed by atoms with Gasteiger partial charge in [0.2, 0.25) is 5.91 Å². The van der Waals surface area contributed by atoms with Crippen LogP contribution in [-0.2, 0) is 9.59 Å². The van der Waals surface area contributed by atoms with Gasteiger partial charge < -0.3 is 10.4 Å². The Morgan fingerprint density at radius 1 is 1.10 bits per heavy atom. The van der Waals surface area contributed by atoms with Gasteiger partial charge in [-0.05, 0) is 24.7 Å². The van der Waals surface area contributed by atoms with Gasteiger partial charge in [-0.3, -0.25) is 9.59 Å². The van der Waals surface area contributed by atoms with Gasteiger partial charge in [-0.2, -0.15) is 0 Å². The highest BCUT2D eigenvalue weighted by Gasteiger charge is 2.26. The molecule has 0 saturated heterocycles. The van der Waals surface area contributed by atoms with E-state index in [4.69, 9.17) is 5.11 Å². The summed E-state index contributed by atoms with van der Waals surface area (Å²) < 4.78 is 0. The molecule has 0 aliphatic heterocycles. The number of rotatable bonds is 5. The molecule has 122 valence electrons. The van der Waals surface area contributed by atoms with Crippen molar-refractivity contribution >= 4 is 11.9 Å². The lowest BCUT2D eigenvalue weighted by Gasteiger charge is -2.28. The first-order valence-corrected chi connectivity index (χ1v) is 8.30. The fourth-order valence-corrected chi connectivity index (χ4v) is 3.16. The van der Waals surface area contributed by atoms with Gasteiger partial charge in [0.15, 0.2) is 0 Å². The highest BCUT2D eigenvalue weighted by Crippen LogP contribution is 2.25. The van der Waals surface area contributed by atoms with Crippen molar-refractivity contribution in [1.82, 2.24) is 5.32 Å². The zero-order valence-electron chi connectivity index (χ0n) is 13.8. The molecule has 1 aliphatic carbocycles. The van der Waals surface area contributed by atoms with E-state index < -0.39 is 5.97 Å². The topological polar surface area (TPSA) is 66.4 Å². The smallest absolute Gasteiger partial charge is 0.305 e. The highest BCUT2D eigenvalue weighted by atomic mass is 16.4. The number of carboxylic acid groups (broad SMARTS) is 1. The Kier molecular flexibility index (Phi) is 7.20. The molecule has 0 heterocycles. The quantitative estimate of drug-likeness (QED) is 0.812. The van der Waals surface area contributed by atoms with Crippen LogP contribution in [-0.4, -0.2) is 23.0 Å². The van der Waals surface area contributed by atoms with Crippen LogP contribution in [0.5, 0.6) is 0 Å². The Hall–Kier alpha value is -1.06. The molecule has 1 unspecified atom stereocenters. The van der Waals surface area contributed by atoms with E-state index in [2.05, 4.69) is 26.1 Å². The average molecular weight is 297 g/mol. The maximum atomic E-state index is 12.4. The van der Waals surface area contributed by atoms with Gasteiger partial charge in [0.05, 0.1) is 6.42 Å². The summed E-state index contributed by atoms with van der Waals surface area (Å²) in [6.07, 6.45) is 8.52. The molecule has 1 rings (SSSR count). The van der Waals surface area contributed by atoms with Crippen molar-refractivity contribution in [3.8, 4) is 0 Å². The Labute approximate surface area is 128 Å². The first-order chi connectivity index (χ1) is 9.78. The highest BCUT2D eigenvalue weighted by molar-refractivity contribution is 5.79. The Balaban J connectivity index is 2.58. The Bertz CT molecular complexity index is 338. The number of carboxylic acids is 1. The van der Waals surface area contributed by atoms with E-state index in [0.29, 0.717) is 6.42 Å². The van der Waals surface area contributed by atoms with Crippen LogP contribution in [0.4, 0.5) is 0 Å². The summed E-state index contributed by atoms with van der Waals surface area (Å²) in [5.74, 6) is -0.712. The second kappa shape index (κ2) is 8.40. The molecule has 1 atom stereocenters. The van der Waals surface area contributed by atoms with Crippen LogP contribution in [0, 0.1) is 11.3 Å². The molecular formula is C17H31NO3. The van der Waals surface area contributed by atoms with Gasteiger partial charge in [-0.15, -0.1) is 0 Å². The summed E-state index contributed by atoms with van der Waals surface area (Å²) in [5, 5.41) is 12.0. The third-order valence-electron chi connectivity index (χ3n) is 4.10. The van der Waals surface area contributed by atoms with Gasteiger partial charge in [-0.25, -0.2) is 0 Å². The van der Waals surface area contributed by atoms with E-state index in [9.17, 15) is 9.59 Å². The van der Waals surface area contributed by atoms with Crippen LogP contribution in [0.2, 0.25) is 0 Å². The molecule has 1 fully saturated rings. The molecule has 1 saturated carbocycles. The fourth-order valence-electron chi connectivity index (χ4n) is 3.16. The van der Waals surface area contributed by atoms with Gasteiger partial charge >= 0.3 is 5.97 Å². The first kappa shape index (κ1) is 18.0. The van der Waals surface area contributed by atoms with Crippen LogP contribution in [0.3, 0.4) is 0 Å². The van der Waals surface area contributed by atoms with E-state index in [1.54, 1.807) is 0 Å².